The van der Waals surface area contributed by atoms with Crippen molar-refractivity contribution in [3.05, 3.63) is 0 Å². The molecule has 0 saturated heterocycles. The average molecular weight is 574 g/mol. The molecule has 0 aromatic carbocycles. The van der Waals surface area contributed by atoms with E-state index in [1.165, 1.54) is 4.90 Å². The summed E-state index contributed by atoms with van der Waals surface area (Å²) in [7, 11) is 3.43. The predicted octanol–water partition coefficient (Wildman–Crippen LogP) is 3.85. The lowest BCUT2D eigenvalue weighted by molar-refractivity contribution is -0.145. The Morgan fingerprint density at radius 2 is 1.02 bits per heavy atom. The van der Waals surface area contributed by atoms with Crippen molar-refractivity contribution in [2.45, 2.75) is 128 Å². The van der Waals surface area contributed by atoms with Crippen LogP contribution < -0.4 is 10.6 Å². The molecule has 0 bridgehead atoms. The molecule has 0 atom stereocenters. The summed E-state index contributed by atoms with van der Waals surface area (Å²) in [6, 6.07) is 0.212. The second kappa shape index (κ2) is 16.6. The largest absolute Gasteiger partial charge is 0.480 e. The van der Waals surface area contributed by atoms with Gasteiger partial charge in [-0.05, 0) is 92.9 Å². The monoisotopic (exact) mass is 573 g/mol. The van der Waals surface area contributed by atoms with Gasteiger partial charge in [-0.1, -0.05) is 0 Å². The molecular formula is C28H51N3O9. The van der Waals surface area contributed by atoms with Gasteiger partial charge >= 0.3 is 18.2 Å². The number of amides is 3. The number of carboxylic acid groups (broad SMARTS) is 1. The van der Waals surface area contributed by atoms with Gasteiger partial charge in [0.15, 0.2) is 0 Å². The Labute approximate surface area is 238 Å². The molecule has 3 amide bonds. The molecule has 0 aromatic rings. The summed E-state index contributed by atoms with van der Waals surface area (Å²) in [6.45, 7) is 10.9. The van der Waals surface area contributed by atoms with E-state index in [-0.39, 0.29) is 49.5 Å². The maximum absolute atomic E-state index is 11.7. The second-order valence-electron chi connectivity index (χ2n) is 12.5. The molecule has 232 valence electrons. The van der Waals surface area contributed by atoms with Crippen LogP contribution in [0.15, 0.2) is 0 Å². The summed E-state index contributed by atoms with van der Waals surface area (Å²) in [5, 5.41) is 14.2. The zero-order valence-corrected chi connectivity index (χ0v) is 25.5. The van der Waals surface area contributed by atoms with Crippen molar-refractivity contribution in [3.63, 3.8) is 0 Å². The predicted molar refractivity (Wildman–Crippen MR) is 149 cm³/mol. The van der Waals surface area contributed by atoms with Gasteiger partial charge in [-0.15, -0.1) is 0 Å². The van der Waals surface area contributed by atoms with Crippen molar-refractivity contribution >= 4 is 24.1 Å². The SMILES string of the molecule is CC(C)(C)OC(=O)NC1CCC(OCC(=O)O)CC1.CN(C)C(=O)COC1CCC(NC(=O)OC(C)(C)C)CC1. The summed E-state index contributed by atoms with van der Waals surface area (Å²) >= 11 is 0. The van der Waals surface area contributed by atoms with E-state index in [0.717, 1.165) is 51.4 Å². The zero-order valence-electron chi connectivity index (χ0n) is 25.5. The van der Waals surface area contributed by atoms with E-state index in [2.05, 4.69) is 10.6 Å². The molecular weight excluding hydrogens is 522 g/mol. The van der Waals surface area contributed by atoms with Crippen LogP contribution in [0.3, 0.4) is 0 Å². The van der Waals surface area contributed by atoms with Crippen LogP contribution in [-0.4, -0.2) is 96.9 Å². The van der Waals surface area contributed by atoms with Crippen LogP contribution in [0.2, 0.25) is 0 Å². The lowest BCUT2D eigenvalue weighted by Gasteiger charge is -2.30. The van der Waals surface area contributed by atoms with E-state index < -0.39 is 23.3 Å². The Hall–Kier alpha value is -2.60. The first-order valence-electron chi connectivity index (χ1n) is 14.1. The number of hydrogen-bond acceptors (Lipinski definition) is 8. The van der Waals surface area contributed by atoms with E-state index >= 15 is 0 Å². The average Bonchev–Trinajstić information content (AvgIpc) is 2.81. The molecule has 0 radical (unpaired) electrons. The van der Waals surface area contributed by atoms with Crippen LogP contribution >= 0.6 is 0 Å². The highest BCUT2D eigenvalue weighted by atomic mass is 16.6. The Morgan fingerprint density at radius 1 is 0.675 bits per heavy atom. The summed E-state index contributed by atoms with van der Waals surface area (Å²) in [5.41, 5.74) is -0.969. The second-order valence-corrected chi connectivity index (χ2v) is 12.5. The Bertz CT molecular complexity index is 805. The first-order chi connectivity index (χ1) is 18.4. The Kier molecular flexibility index (Phi) is 14.7. The van der Waals surface area contributed by atoms with Gasteiger partial charge in [-0.25, -0.2) is 14.4 Å². The third kappa shape index (κ3) is 17.2. The van der Waals surface area contributed by atoms with Crippen LogP contribution in [0.5, 0.6) is 0 Å². The molecule has 2 aliphatic rings. The van der Waals surface area contributed by atoms with Crippen molar-refractivity contribution in [2.75, 3.05) is 27.3 Å². The maximum atomic E-state index is 11.7. The zero-order chi connectivity index (χ0) is 30.5. The van der Waals surface area contributed by atoms with Gasteiger partial charge in [0.2, 0.25) is 5.91 Å². The highest BCUT2D eigenvalue weighted by Crippen LogP contribution is 2.23. The van der Waals surface area contributed by atoms with Crippen molar-refractivity contribution < 1.29 is 43.2 Å². The fourth-order valence-electron chi connectivity index (χ4n) is 4.20. The maximum Gasteiger partial charge on any atom is 0.407 e. The first-order valence-corrected chi connectivity index (χ1v) is 14.1. The number of alkyl carbamates (subject to hydrolysis) is 2. The topological polar surface area (TPSA) is 153 Å². The van der Waals surface area contributed by atoms with Crippen molar-refractivity contribution in [2.24, 2.45) is 0 Å². The van der Waals surface area contributed by atoms with Gasteiger partial charge < -0.3 is 39.6 Å². The van der Waals surface area contributed by atoms with E-state index in [1.54, 1.807) is 14.1 Å². The number of aliphatic carboxylic acids is 1. The number of ether oxygens (including phenoxy) is 4. The van der Waals surface area contributed by atoms with Gasteiger partial charge in [0.25, 0.3) is 0 Å². The van der Waals surface area contributed by atoms with Crippen LogP contribution in [0.1, 0.15) is 92.9 Å². The van der Waals surface area contributed by atoms with Crippen molar-refractivity contribution in [3.8, 4) is 0 Å². The van der Waals surface area contributed by atoms with Gasteiger partial charge in [0.05, 0.1) is 12.2 Å². The van der Waals surface area contributed by atoms with Gasteiger partial charge in [0, 0.05) is 26.2 Å². The van der Waals surface area contributed by atoms with Crippen LogP contribution in [0.4, 0.5) is 9.59 Å². The highest BCUT2D eigenvalue weighted by molar-refractivity contribution is 5.76. The van der Waals surface area contributed by atoms with Crippen molar-refractivity contribution in [1.82, 2.24) is 15.5 Å². The van der Waals surface area contributed by atoms with Gasteiger partial charge in [-0.3, -0.25) is 4.79 Å². The molecule has 0 aliphatic heterocycles. The summed E-state index contributed by atoms with van der Waals surface area (Å²) in [4.78, 5) is 46.6. The lowest BCUT2D eigenvalue weighted by Crippen LogP contribution is -2.42. The van der Waals surface area contributed by atoms with Crippen LogP contribution in [0, 0.1) is 0 Å². The van der Waals surface area contributed by atoms with E-state index in [1.807, 2.05) is 41.5 Å². The number of rotatable bonds is 8. The molecule has 12 heteroatoms. The third-order valence-corrected chi connectivity index (χ3v) is 6.17. The molecule has 12 nitrogen and oxygen atoms in total. The highest BCUT2D eigenvalue weighted by Gasteiger charge is 2.27. The molecule has 3 N–H and O–H groups in total. The molecule has 40 heavy (non-hydrogen) atoms. The number of carbonyl (C=O) groups is 4. The minimum atomic E-state index is -0.950. The van der Waals surface area contributed by atoms with Gasteiger partial charge in [0.1, 0.15) is 24.4 Å². The number of likely N-dealkylation sites (N-methyl/N-ethyl adjacent to an activating group) is 1. The molecule has 2 saturated carbocycles. The van der Waals surface area contributed by atoms with E-state index in [4.69, 9.17) is 24.1 Å². The number of nitrogens with one attached hydrogen (secondary N) is 2. The lowest BCUT2D eigenvalue weighted by atomic mass is 9.93. The number of hydrogen-bond donors (Lipinski definition) is 3. The molecule has 2 rings (SSSR count). The molecule has 0 spiro atoms. The first kappa shape index (κ1) is 35.4. The molecule has 0 unspecified atom stereocenters. The fourth-order valence-corrected chi connectivity index (χ4v) is 4.20. The Balaban J connectivity index is 0.000000402. The molecule has 2 fully saturated rings. The number of nitrogens with zero attached hydrogens (tertiary/aromatic N) is 1. The minimum Gasteiger partial charge on any atom is -0.480 e. The third-order valence-electron chi connectivity index (χ3n) is 6.17. The summed E-state index contributed by atoms with van der Waals surface area (Å²) < 4.78 is 21.3. The molecule has 0 aromatic heterocycles. The quantitative estimate of drug-likeness (QED) is 0.393. The summed E-state index contributed by atoms with van der Waals surface area (Å²) in [5.74, 6) is -0.974. The standard InChI is InChI=1S/C15H28N2O4.C13H23NO5/c1-15(2,3)21-14(19)16-11-6-8-12(9-7-11)20-10-13(18)17(4)5;1-13(2,3)19-12(17)14-9-4-6-10(7-5-9)18-8-11(15)16/h11-12H,6-10H2,1-5H3,(H,16,19);9-10H,4-8H2,1-3H3,(H,14,17)(H,15,16). The molecule has 2 aliphatic carbocycles. The smallest absolute Gasteiger partial charge is 0.407 e. The van der Waals surface area contributed by atoms with E-state index in [0.29, 0.717) is 0 Å². The van der Waals surface area contributed by atoms with Gasteiger partial charge in [-0.2, -0.15) is 0 Å². The minimum absolute atomic E-state index is 0.0206. The Morgan fingerprint density at radius 3 is 1.32 bits per heavy atom. The normalized spacial score (nSPS) is 23.1. The van der Waals surface area contributed by atoms with Crippen molar-refractivity contribution in [1.29, 1.82) is 0 Å². The molecule has 0 heterocycles. The number of carboxylic acids is 1. The summed E-state index contributed by atoms with van der Waals surface area (Å²) in [6.07, 6.45) is 5.78. The van der Waals surface area contributed by atoms with Crippen LogP contribution in [0.25, 0.3) is 0 Å². The fraction of sp³-hybridized carbons (Fsp3) is 0.857. The van der Waals surface area contributed by atoms with Crippen LogP contribution in [-0.2, 0) is 28.5 Å². The van der Waals surface area contributed by atoms with E-state index in [9.17, 15) is 19.2 Å². The number of carbonyl (C=O) groups excluding carboxylic acids is 3.